The van der Waals surface area contributed by atoms with Crippen molar-refractivity contribution in [3.8, 4) is 0 Å². The number of para-hydroxylation sites is 1. The van der Waals surface area contributed by atoms with Crippen molar-refractivity contribution in [1.29, 1.82) is 0 Å². The number of nitrogens with zero attached hydrogens (tertiary/aromatic N) is 3. The number of aliphatic imine (C=N–C) groups is 1. The number of hydrogen-bond acceptors (Lipinski definition) is 3. The monoisotopic (exact) mass is 545 g/mol. The fraction of sp³-hybridized carbons (Fsp3) is 0.382. The molecule has 3 atom stereocenters. The zero-order valence-corrected chi connectivity index (χ0v) is 23.7. The van der Waals surface area contributed by atoms with Gasteiger partial charge in [0.05, 0.1) is 11.8 Å². The molecule has 1 saturated heterocycles. The van der Waals surface area contributed by atoms with Gasteiger partial charge in [-0.1, -0.05) is 62.0 Å². The number of benzene rings is 3. The van der Waals surface area contributed by atoms with Crippen LogP contribution >= 0.6 is 0 Å². The summed E-state index contributed by atoms with van der Waals surface area (Å²) in [7, 11) is 0. The lowest BCUT2D eigenvalue weighted by atomic mass is 9.82. The smallest absolute Gasteiger partial charge is 0.297 e. The van der Waals surface area contributed by atoms with Crippen LogP contribution in [0.4, 0.5) is 18.9 Å². The zero-order chi connectivity index (χ0) is 28.6. The Morgan fingerprint density at radius 1 is 1.00 bits per heavy atom. The number of aryl methyl sites for hydroxylation is 1. The van der Waals surface area contributed by atoms with Gasteiger partial charge >= 0.3 is 6.55 Å². The van der Waals surface area contributed by atoms with Crippen molar-refractivity contribution in [3.05, 3.63) is 113 Å². The fourth-order valence-corrected chi connectivity index (χ4v) is 6.19. The third kappa shape index (κ3) is 5.46. The van der Waals surface area contributed by atoms with Crippen molar-refractivity contribution in [3.63, 3.8) is 0 Å². The van der Waals surface area contributed by atoms with Gasteiger partial charge in [0.25, 0.3) is 0 Å². The first kappa shape index (κ1) is 28.2. The lowest BCUT2D eigenvalue weighted by molar-refractivity contribution is 0.129. The van der Waals surface area contributed by atoms with E-state index in [1.807, 2.05) is 25.1 Å². The Kier molecular flexibility index (Phi) is 8.18. The number of allylic oxidation sites excluding steroid dienone is 1. The second-order valence-corrected chi connectivity index (χ2v) is 11.3. The Labute approximate surface area is 236 Å². The summed E-state index contributed by atoms with van der Waals surface area (Å²) in [6.45, 7) is 11.5. The molecule has 40 heavy (non-hydrogen) atoms. The lowest BCUT2D eigenvalue weighted by Gasteiger charge is -2.40. The molecule has 210 valence electrons. The summed E-state index contributed by atoms with van der Waals surface area (Å²) in [6.07, 6.45) is 1.57. The molecular weight excluding hydrogens is 507 g/mol. The first-order valence-corrected chi connectivity index (χ1v) is 14.2. The molecule has 0 saturated carbocycles. The van der Waals surface area contributed by atoms with Gasteiger partial charge in [-0.15, -0.1) is 0 Å². The van der Waals surface area contributed by atoms with E-state index in [0.717, 1.165) is 53.2 Å². The molecule has 3 unspecified atom stereocenters. The van der Waals surface area contributed by atoms with Crippen LogP contribution in [-0.2, 0) is 0 Å². The Morgan fingerprint density at radius 3 is 2.40 bits per heavy atom. The van der Waals surface area contributed by atoms with E-state index in [2.05, 4.69) is 50.4 Å². The van der Waals surface area contributed by atoms with E-state index in [0.29, 0.717) is 11.4 Å². The van der Waals surface area contributed by atoms with Crippen LogP contribution in [0.1, 0.15) is 73.4 Å². The second-order valence-electron chi connectivity index (χ2n) is 11.3. The topological polar surface area (TPSA) is 18.8 Å². The first-order chi connectivity index (χ1) is 19.2. The number of rotatable bonds is 7. The van der Waals surface area contributed by atoms with E-state index < -0.39 is 6.55 Å². The average molecular weight is 546 g/mol. The number of hydrogen-bond donors (Lipinski definition) is 0. The molecule has 1 fully saturated rings. The Balaban J connectivity index is 1.31. The van der Waals surface area contributed by atoms with Gasteiger partial charge in [0.2, 0.25) is 0 Å². The third-order valence-corrected chi connectivity index (χ3v) is 8.89. The summed E-state index contributed by atoms with van der Waals surface area (Å²) in [4.78, 5) is 8.48. The summed E-state index contributed by atoms with van der Waals surface area (Å²) in [5, 5.41) is 0. The highest BCUT2D eigenvalue weighted by Crippen LogP contribution is 2.38. The van der Waals surface area contributed by atoms with Crippen LogP contribution < -0.4 is 4.90 Å². The minimum absolute atomic E-state index is 0.00602. The SMILES string of the molecule is C=C(C1CCN(C(C)c2ccc3c(c2)C(C)C(C)N=C3c2cccc(F)c2)CC1)N(c1ccccc1C)C(F)F. The third-order valence-electron chi connectivity index (χ3n) is 8.89. The van der Waals surface area contributed by atoms with E-state index in [1.165, 1.54) is 17.2 Å². The average Bonchev–Trinajstić information content (AvgIpc) is 2.95. The van der Waals surface area contributed by atoms with Gasteiger partial charge in [-0.3, -0.25) is 14.8 Å². The molecule has 3 nitrogen and oxygen atoms in total. The van der Waals surface area contributed by atoms with Crippen LogP contribution in [0.15, 0.2) is 84.0 Å². The normalized spacial score (nSPS) is 20.6. The summed E-state index contributed by atoms with van der Waals surface area (Å²) in [5.74, 6) is -0.0123. The molecule has 2 heterocycles. The van der Waals surface area contributed by atoms with Crippen molar-refractivity contribution in [2.75, 3.05) is 18.0 Å². The quantitative estimate of drug-likeness (QED) is 0.277. The standard InChI is InChI=1S/C34H38F3N3/c1-21-9-6-7-12-32(21)40(34(36)37)25(5)26-15-17-39(18-16-26)24(4)27-13-14-30-31(20-27)22(2)23(3)38-33(30)28-10-8-11-29(35)19-28/h6-14,19-20,22-24,26,34H,5,15-18H2,1-4H3. The molecule has 5 rings (SSSR count). The summed E-state index contributed by atoms with van der Waals surface area (Å²) < 4.78 is 42.4. The molecule has 6 heteroatoms. The number of anilines is 1. The molecule has 0 amide bonds. The molecule has 0 N–H and O–H groups in total. The van der Waals surface area contributed by atoms with Gasteiger partial charge < -0.3 is 0 Å². The number of halogens is 3. The molecule has 0 aliphatic carbocycles. The van der Waals surface area contributed by atoms with Gasteiger partial charge in [0.15, 0.2) is 0 Å². The Morgan fingerprint density at radius 2 is 1.73 bits per heavy atom. The minimum atomic E-state index is -2.63. The van der Waals surface area contributed by atoms with E-state index in [4.69, 9.17) is 4.99 Å². The van der Waals surface area contributed by atoms with E-state index >= 15 is 0 Å². The molecule has 2 aliphatic heterocycles. The minimum Gasteiger partial charge on any atom is -0.297 e. The predicted molar refractivity (Wildman–Crippen MR) is 158 cm³/mol. The summed E-state index contributed by atoms with van der Waals surface area (Å²) in [5.41, 5.74) is 7.00. The van der Waals surface area contributed by atoms with Gasteiger partial charge in [0.1, 0.15) is 5.82 Å². The molecule has 2 aliphatic rings. The van der Waals surface area contributed by atoms with Crippen LogP contribution in [0.2, 0.25) is 0 Å². The highest BCUT2D eigenvalue weighted by Gasteiger charge is 2.32. The van der Waals surface area contributed by atoms with Crippen molar-refractivity contribution in [1.82, 2.24) is 4.90 Å². The van der Waals surface area contributed by atoms with Crippen molar-refractivity contribution >= 4 is 11.4 Å². The number of piperidine rings is 1. The van der Waals surface area contributed by atoms with Gasteiger partial charge in [-0.05, 0) is 81.6 Å². The summed E-state index contributed by atoms with van der Waals surface area (Å²) >= 11 is 0. The molecule has 0 aromatic heterocycles. The molecular formula is C34H38F3N3. The largest absolute Gasteiger partial charge is 0.319 e. The zero-order valence-electron chi connectivity index (χ0n) is 23.7. The van der Waals surface area contributed by atoms with Crippen LogP contribution in [0, 0.1) is 18.7 Å². The van der Waals surface area contributed by atoms with Gasteiger partial charge in [-0.2, -0.15) is 8.78 Å². The predicted octanol–water partition coefficient (Wildman–Crippen LogP) is 8.49. The number of likely N-dealkylation sites (tertiary alicyclic amines) is 1. The molecule has 3 aromatic rings. The first-order valence-electron chi connectivity index (χ1n) is 14.2. The van der Waals surface area contributed by atoms with Gasteiger partial charge in [-0.25, -0.2) is 4.39 Å². The van der Waals surface area contributed by atoms with E-state index in [1.54, 1.807) is 24.3 Å². The van der Waals surface area contributed by atoms with E-state index in [9.17, 15) is 13.2 Å². The molecule has 0 spiro atoms. The van der Waals surface area contributed by atoms with Crippen molar-refractivity contribution in [2.24, 2.45) is 10.9 Å². The van der Waals surface area contributed by atoms with Crippen LogP contribution in [-0.4, -0.2) is 36.3 Å². The maximum Gasteiger partial charge on any atom is 0.319 e. The molecule has 0 radical (unpaired) electrons. The maximum absolute atomic E-state index is 14.2. The van der Waals surface area contributed by atoms with Crippen LogP contribution in [0.25, 0.3) is 0 Å². The maximum atomic E-state index is 14.2. The lowest BCUT2D eigenvalue weighted by Crippen LogP contribution is -2.40. The number of fused-ring (bicyclic) bond motifs is 1. The number of alkyl halides is 2. The highest BCUT2D eigenvalue weighted by molar-refractivity contribution is 6.14. The second kappa shape index (κ2) is 11.6. The highest BCUT2D eigenvalue weighted by atomic mass is 19.3. The van der Waals surface area contributed by atoms with Crippen LogP contribution in [0.3, 0.4) is 0 Å². The Hall–Kier alpha value is -3.38. The van der Waals surface area contributed by atoms with Crippen molar-refractivity contribution in [2.45, 2.75) is 65.1 Å². The Bertz CT molecular complexity index is 1410. The molecule has 0 bridgehead atoms. The fourth-order valence-electron chi connectivity index (χ4n) is 6.19. The molecule has 3 aromatic carbocycles. The van der Waals surface area contributed by atoms with E-state index in [-0.39, 0.29) is 29.7 Å². The van der Waals surface area contributed by atoms with Crippen molar-refractivity contribution < 1.29 is 13.2 Å². The van der Waals surface area contributed by atoms with Gasteiger partial charge in [0, 0.05) is 40.4 Å². The van der Waals surface area contributed by atoms with Crippen LogP contribution in [0.5, 0.6) is 0 Å². The summed E-state index contributed by atoms with van der Waals surface area (Å²) in [6, 6.07) is 20.7.